The van der Waals surface area contributed by atoms with Crippen LogP contribution in [0.1, 0.15) is 32.1 Å². The molecule has 7 atom stereocenters. The number of likely N-dealkylation sites (tertiary alicyclic amines) is 1. The lowest BCUT2D eigenvalue weighted by atomic mass is 9.85. The minimum atomic E-state index is 0.00151. The van der Waals surface area contributed by atoms with Crippen LogP contribution in [0.4, 0.5) is 0 Å². The van der Waals surface area contributed by atoms with Gasteiger partial charge in [-0.2, -0.15) is 0 Å². The standard InChI is InChI=1S/C16H19NO2/c18-15-13-10-3-4-11(7-10)14(13)16(19)17(15)12-6-8-1-2-9(12)5-8/h3-4,8-14H,1-2,5-7H2/t8-,9+,10+,11+,12+,13-,14+/m1/s1. The van der Waals surface area contributed by atoms with Crippen molar-refractivity contribution in [1.82, 2.24) is 4.90 Å². The van der Waals surface area contributed by atoms with Gasteiger partial charge in [0.15, 0.2) is 0 Å². The normalized spacial score (nSPS) is 53.7. The second-order valence-electron chi connectivity index (χ2n) is 7.29. The summed E-state index contributed by atoms with van der Waals surface area (Å²) in [4.78, 5) is 27.2. The molecular formula is C16H19NO2. The van der Waals surface area contributed by atoms with Crippen molar-refractivity contribution >= 4 is 11.8 Å². The Kier molecular flexibility index (Phi) is 1.85. The Labute approximate surface area is 113 Å². The molecule has 0 aromatic rings. The molecule has 0 aromatic carbocycles. The largest absolute Gasteiger partial charge is 0.279 e. The molecule has 19 heavy (non-hydrogen) atoms. The van der Waals surface area contributed by atoms with Gasteiger partial charge in [-0.3, -0.25) is 14.5 Å². The first-order valence-electron chi connectivity index (χ1n) is 7.79. The highest BCUT2D eigenvalue weighted by molar-refractivity contribution is 6.06. The molecule has 0 radical (unpaired) electrons. The van der Waals surface area contributed by atoms with Gasteiger partial charge in [0.25, 0.3) is 0 Å². The maximum atomic E-state index is 12.7. The summed E-state index contributed by atoms with van der Waals surface area (Å²) in [5.41, 5.74) is 0. The van der Waals surface area contributed by atoms with Crippen LogP contribution in [-0.2, 0) is 9.59 Å². The lowest BCUT2D eigenvalue weighted by Crippen LogP contribution is -2.44. The predicted octanol–water partition coefficient (Wildman–Crippen LogP) is 1.98. The van der Waals surface area contributed by atoms with Gasteiger partial charge in [0.05, 0.1) is 11.8 Å². The van der Waals surface area contributed by atoms with Gasteiger partial charge in [-0.1, -0.05) is 18.6 Å². The first kappa shape index (κ1) is 10.6. The number of carbonyl (C=O) groups is 2. The molecule has 1 heterocycles. The summed E-state index contributed by atoms with van der Waals surface area (Å²) in [5, 5.41) is 0. The second-order valence-corrected chi connectivity index (χ2v) is 7.29. The second kappa shape index (κ2) is 3.31. The third-order valence-corrected chi connectivity index (χ3v) is 6.54. The lowest BCUT2D eigenvalue weighted by molar-refractivity contribution is -0.144. The quantitative estimate of drug-likeness (QED) is 0.532. The average Bonchev–Trinajstić information content (AvgIpc) is 3.16. The summed E-state index contributed by atoms with van der Waals surface area (Å²) in [6.07, 6.45) is 10.3. The number of hydrogen-bond donors (Lipinski definition) is 0. The van der Waals surface area contributed by atoms with Crippen LogP contribution in [0.3, 0.4) is 0 Å². The van der Waals surface area contributed by atoms with E-state index in [4.69, 9.17) is 0 Å². The summed E-state index contributed by atoms with van der Waals surface area (Å²) >= 11 is 0. The first-order valence-corrected chi connectivity index (χ1v) is 7.79. The van der Waals surface area contributed by atoms with E-state index >= 15 is 0 Å². The Morgan fingerprint density at radius 2 is 1.58 bits per heavy atom. The lowest BCUT2D eigenvalue weighted by Gasteiger charge is -2.31. The summed E-state index contributed by atoms with van der Waals surface area (Å²) < 4.78 is 0. The van der Waals surface area contributed by atoms with E-state index in [2.05, 4.69) is 12.2 Å². The van der Waals surface area contributed by atoms with E-state index in [1.165, 1.54) is 19.3 Å². The third kappa shape index (κ3) is 1.16. The number of amides is 2. The van der Waals surface area contributed by atoms with Gasteiger partial charge in [0.1, 0.15) is 0 Å². The van der Waals surface area contributed by atoms with Crippen LogP contribution in [0.15, 0.2) is 12.2 Å². The van der Waals surface area contributed by atoms with Gasteiger partial charge in [-0.25, -0.2) is 0 Å². The molecule has 0 aromatic heterocycles. The van der Waals surface area contributed by atoms with Gasteiger partial charge in [0, 0.05) is 6.04 Å². The van der Waals surface area contributed by atoms with E-state index in [1.54, 1.807) is 4.90 Å². The van der Waals surface area contributed by atoms with Gasteiger partial charge in [-0.05, 0) is 49.4 Å². The monoisotopic (exact) mass is 257 g/mol. The van der Waals surface area contributed by atoms with Crippen molar-refractivity contribution in [3.8, 4) is 0 Å². The SMILES string of the molecule is O=C1[C@@H]2[C@H](C(=O)N1[C@H]1C[C@@H]3CC[C@H]1C3)[C@H]1C=C[C@H]2C1. The number of nitrogens with zero attached hydrogens (tertiary/aromatic N) is 1. The number of hydrogen-bond acceptors (Lipinski definition) is 2. The minimum absolute atomic E-state index is 0.00151. The molecule has 3 nitrogen and oxygen atoms in total. The molecule has 4 bridgehead atoms. The van der Waals surface area contributed by atoms with Crippen LogP contribution in [-0.4, -0.2) is 22.8 Å². The molecule has 5 aliphatic rings. The van der Waals surface area contributed by atoms with Gasteiger partial charge < -0.3 is 0 Å². The Balaban J connectivity index is 1.50. The highest BCUT2D eigenvalue weighted by atomic mass is 16.2. The summed E-state index contributed by atoms with van der Waals surface area (Å²) in [6.45, 7) is 0. The van der Waals surface area contributed by atoms with Crippen molar-refractivity contribution in [1.29, 1.82) is 0 Å². The summed E-state index contributed by atoms with van der Waals surface area (Å²) in [7, 11) is 0. The van der Waals surface area contributed by atoms with Crippen LogP contribution in [0.2, 0.25) is 0 Å². The van der Waals surface area contributed by atoms with Crippen LogP contribution < -0.4 is 0 Å². The van der Waals surface area contributed by atoms with Crippen molar-refractivity contribution < 1.29 is 9.59 Å². The molecule has 3 heteroatoms. The fourth-order valence-corrected chi connectivity index (χ4v) is 5.78. The van der Waals surface area contributed by atoms with Crippen molar-refractivity contribution in [2.45, 2.75) is 38.1 Å². The first-order chi connectivity index (χ1) is 9.24. The van der Waals surface area contributed by atoms with E-state index in [-0.39, 0.29) is 29.7 Å². The smallest absolute Gasteiger partial charge is 0.233 e. The Morgan fingerprint density at radius 3 is 2.11 bits per heavy atom. The van der Waals surface area contributed by atoms with Gasteiger partial charge >= 0.3 is 0 Å². The fraction of sp³-hybridized carbons (Fsp3) is 0.750. The van der Waals surface area contributed by atoms with E-state index in [9.17, 15) is 9.59 Å². The maximum Gasteiger partial charge on any atom is 0.233 e. The van der Waals surface area contributed by atoms with Gasteiger partial charge in [0.2, 0.25) is 11.8 Å². The Bertz CT molecular complexity index is 481. The molecule has 2 amide bonds. The summed E-state index contributed by atoms with van der Waals surface area (Å²) in [5.74, 6) is 2.45. The van der Waals surface area contributed by atoms with Crippen LogP contribution in [0.25, 0.3) is 0 Å². The fourth-order valence-electron chi connectivity index (χ4n) is 5.78. The van der Waals surface area contributed by atoms with Gasteiger partial charge in [-0.15, -0.1) is 0 Å². The number of imide groups is 1. The topological polar surface area (TPSA) is 37.4 Å². The number of rotatable bonds is 1. The maximum absolute atomic E-state index is 12.7. The molecule has 0 spiro atoms. The van der Waals surface area contributed by atoms with E-state index in [0.717, 1.165) is 18.8 Å². The molecule has 3 saturated carbocycles. The average molecular weight is 257 g/mol. The molecule has 0 N–H and O–H groups in total. The van der Waals surface area contributed by atoms with E-state index in [0.29, 0.717) is 17.8 Å². The molecule has 1 aliphatic heterocycles. The highest BCUT2D eigenvalue weighted by Crippen LogP contribution is 2.55. The number of allylic oxidation sites excluding steroid dienone is 2. The zero-order valence-corrected chi connectivity index (χ0v) is 11.0. The highest BCUT2D eigenvalue weighted by Gasteiger charge is 2.61. The third-order valence-electron chi connectivity index (χ3n) is 6.54. The Hall–Kier alpha value is -1.12. The molecular weight excluding hydrogens is 238 g/mol. The van der Waals surface area contributed by atoms with Crippen molar-refractivity contribution in [2.24, 2.45) is 35.5 Å². The number of carbonyl (C=O) groups excluding carboxylic acids is 2. The Morgan fingerprint density at radius 1 is 0.895 bits per heavy atom. The molecule has 100 valence electrons. The zero-order valence-electron chi connectivity index (χ0n) is 11.0. The predicted molar refractivity (Wildman–Crippen MR) is 68.8 cm³/mol. The van der Waals surface area contributed by atoms with Crippen LogP contribution >= 0.6 is 0 Å². The van der Waals surface area contributed by atoms with E-state index < -0.39 is 0 Å². The molecule has 4 fully saturated rings. The molecule has 4 aliphatic carbocycles. The molecule has 5 rings (SSSR count). The van der Waals surface area contributed by atoms with Crippen molar-refractivity contribution in [2.75, 3.05) is 0 Å². The molecule has 0 unspecified atom stereocenters. The molecule has 1 saturated heterocycles. The minimum Gasteiger partial charge on any atom is -0.279 e. The zero-order chi connectivity index (χ0) is 12.7. The van der Waals surface area contributed by atoms with Crippen LogP contribution in [0, 0.1) is 35.5 Å². The van der Waals surface area contributed by atoms with Crippen molar-refractivity contribution in [3.05, 3.63) is 12.2 Å². The number of fused-ring (bicyclic) bond motifs is 7. The van der Waals surface area contributed by atoms with Crippen LogP contribution in [0.5, 0.6) is 0 Å². The summed E-state index contributed by atoms with van der Waals surface area (Å²) in [6, 6.07) is 0.253. The van der Waals surface area contributed by atoms with E-state index in [1.807, 2.05) is 0 Å². The van der Waals surface area contributed by atoms with Crippen molar-refractivity contribution in [3.63, 3.8) is 0 Å².